The van der Waals surface area contributed by atoms with Crippen LogP contribution in [0.2, 0.25) is 0 Å². The molecule has 0 bridgehead atoms. The zero-order valence-electron chi connectivity index (χ0n) is 20.6. The minimum atomic E-state index is -0.206. The lowest BCUT2D eigenvalue weighted by Crippen LogP contribution is -2.42. The van der Waals surface area contributed by atoms with Gasteiger partial charge in [0.15, 0.2) is 11.5 Å². The first kappa shape index (κ1) is 22.0. The van der Waals surface area contributed by atoms with E-state index in [1.165, 1.54) is 12.8 Å². The van der Waals surface area contributed by atoms with Crippen LogP contribution < -0.4 is 15.5 Å². The first-order valence-electron chi connectivity index (χ1n) is 12.6. The van der Waals surface area contributed by atoms with E-state index in [1.54, 1.807) is 4.68 Å². The number of anilines is 2. The Balaban J connectivity index is 1.27. The van der Waals surface area contributed by atoms with E-state index >= 15 is 0 Å². The van der Waals surface area contributed by atoms with Crippen LogP contribution in [0.4, 0.5) is 11.5 Å². The molecule has 0 radical (unpaired) electrons. The fraction of sp³-hybridized carbons (Fsp3) is 0.462. The second-order valence-corrected chi connectivity index (χ2v) is 9.85. The number of rotatable bonds is 6. The van der Waals surface area contributed by atoms with E-state index < -0.39 is 0 Å². The van der Waals surface area contributed by atoms with Crippen LogP contribution in [-0.4, -0.2) is 55.7 Å². The molecule has 0 atom stereocenters. The van der Waals surface area contributed by atoms with E-state index in [1.807, 2.05) is 43.0 Å². The number of carbonyl (C=O) groups is 1. The van der Waals surface area contributed by atoms with E-state index in [9.17, 15) is 4.79 Å². The predicted molar refractivity (Wildman–Crippen MR) is 137 cm³/mol. The SMILES string of the molecule is CCNC1CCN(c2ccc(C(=O)Nc3cn4cc(C5CC5)nc(C)c4n3)c3nn(C)cc23)CC1. The molecule has 1 aliphatic heterocycles. The summed E-state index contributed by atoms with van der Waals surface area (Å²) in [4.78, 5) is 25.1. The Bertz CT molecular complexity index is 1410. The quantitative estimate of drug-likeness (QED) is 0.445. The molecule has 3 aromatic heterocycles. The second kappa shape index (κ2) is 8.64. The monoisotopic (exact) mass is 472 g/mol. The summed E-state index contributed by atoms with van der Waals surface area (Å²) in [5.74, 6) is 0.872. The van der Waals surface area contributed by atoms with E-state index in [0.29, 0.717) is 28.9 Å². The zero-order chi connectivity index (χ0) is 24.1. The third kappa shape index (κ3) is 4.14. The third-order valence-corrected chi connectivity index (χ3v) is 7.20. The number of nitrogens with zero attached hydrogens (tertiary/aromatic N) is 6. The highest BCUT2D eigenvalue weighted by atomic mass is 16.1. The van der Waals surface area contributed by atoms with Crippen LogP contribution in [0.3, 0.4) is 0 Å². The van der Waals surface area contributed by atoms with Gasteiger partial charge in [0.1, 0.15) is 5.52 Å². The maximum atomic E-state index is 13.3. The van der Waals surface area contributed by atoms with E-state index in [2.05, 4.69) is 38.6 Å². The van der Waals surface area contributed by atoms with Gasteiger partial charge in [0.05, 0.1) is 23.1 Å². The Morgan fingerprint density at radius 3 is 2.63 bits per heavy atom. The van der Waals surface area contributed by atoms with Crippen LogP contribution in [0.5, 0.6) is 0 Å². The van der Waals surface area contributed by atoms with Crippen molar-refractivity contribution < 1.29 is 4.79 Å². The smallest absolute Gasteiger partial charge is 0.259 e. The minimum absolute atomic E-state index is 0.206. The molecule has 35 heavy (non-hydrogen) atoms. The Hall–Kier alpha value is -3.46. The summed E-state index contributed by atoms with van der Waals surface area (Å²) in [5.41, 5.74) is 5.16. The van der Waals surface area contributed by atoms with Crippen LogP contribution >= 0.6 is 0 Å². The van der Waals surface area contributed by atoms with Crippen molar-refractivity contribution in [3.8, 4) is 0 Å². The number of piperidine rings is 1. The Morgan fingerprint density at radius 2 is 1.89 bits per heavy atom. The molecular formula is C26H32N8O. The molecule has 1 saturated carbocycles. The van der Waals surface area contributed by atoms with Gasteiger partial charge in [-0.2, -0.15) is 5.10 Å². The number of aryl methyl sites for hydroxylation is 2. The molecule has 1 aromatic carbocycles. The summed E-state index contributed by atoms with van der Waals surface area (Å²) in [5, 5.41) is 12.2. The summed E-state index contributed by atoms with van der Waals surface area (Å²) in [7, 11) is 1.90. The van der Waals surface area contributed by atoms with Crippen molar-refractivity contribution in [2.24, 2.45) is 7.05 Å². The summed E-state index contributed by atoms with van der Waals surface area (Å²) in [6.45, 7) is 7.11. The first-order valence-corrected chi connectivity index (χ1v) is 12.6. The van der Waals surface area contributed by atoms with Crippen LogP contribution in [0.1, 0.15) is 60.3 Å². The second-order valence-electron chi connectivity index (χ2n) is 9.85. The van der Waals surface area contributed by atoms with E-state index in [0.717, 1.165) is 60.6 Å². The van der Waals surface area contributed by atoms with Crippen molar-refractivity contribution in [1.29, 1.82) is 0 Å². The number of hydrogen-bond acceptors (Lipinski definition) is 6. The summed E-state index contributed by atoms with van der Waals surface area (Å²) >= 11 is 0. The van der Waals surface area contributed by atoms with E-state index in [-0.39, 0.29) is 5.91 Å². The molecule has 0 spiro atoms. The lowest BCUT2D eigenvalue weighted by atomic mass is 10.0. The van der Waals surface area contributed by atoms with Crippen molar-refractivity contribution >= 4 is 34.0 Å². The van der Waals surface area contributed by atoms with Gasteiger partial charge in [0.25, 0.3) is 5.91 Å². The largest absolute Gasteiger partial charge is 0.371 e. The number of amides is 1. The minimum Gasteiger partial charge on any atom is -0.371 e. The van der Waals surface area contributed by atoms with Gasteiger partial charge in [-0.25, -0.2) is 4.98 Å². The lowest BCUT2D eigenvalue weighted by molar-refractivity contribution is 0.102. The standard InChI is InChI=1S/C26H32N8O/c1-4-27-18-9-11-33(12-10-18)22-8-7-19(24-20(22)13-32(3)31-24)26(35)30-23-15-34-14-21(17-5-6-17)28-16(2)25(34)29-23/h7-8,13-15,17-18,27H,4-6,9-12H2,1-3H3,(H,30,35). The average Bonchev–Trinajstić information content (AvgIpc) is 3.50. The van der Waals surface area contributed by atoms with Crippen LogP contribution in [0.15, 0.2) is 30.7 Å². The number of benzene rings is 1. The number of nitrogens with one attached hydrogen (secondary N) is 2. The van der Waals surface area contributed by atoms with Gasteiger partial charge in [-0.1, -0.05) is 6.92 Å². The molecule has 1 saturated heterocycles. The summed E-state index contributed by atoms with van der Waals surface area (Å²) in [6.07, 6.45) is 10.5. The van der Waals surface area contributed by atoms with Gasteiger partial charge in [-0.3, -0.25) is 14.5 Å². The average molecular weight is 473 g/mol. The fourth-order valence-corrected chi connectivity index (χ4v) is 5.27. The summed E-state index contributed by atoms with van der Waals surface area (Å²) < 4.78 is 3.76. The van der Waals surface area contributed by atoms with E-state index in [4.69, 9.17) is 4.98 Å². The highest BCUT2D eigenvalue weighted by Crippen LogP contribution is 2.39. The first-order chi connectivity index (χ1) is 17.0. The van der Waals surface area contributed by atoms with Gasteiger partial charge in [0.2, 0.25) is 0 Å². The number of fused-ring (bicyclic) bond motifs is 2. The zero-order valence-corrected chi connectivity index (χ0v) is 20.6. The normalized spacial score (nSPS) is 16.9. The highest BCUT2D eigenvalue weighted by molar-refractivity contribution is 6.13. The van der Waals surface area contributed by atoms with Crippen LogP contribution in [-0.2, 0) is 7.05 Å². The third-order valence-electron chi connectivity index (χ3n) is 7.20. The number of aromatic nitrogens is 5. The molecule has 2 N–H and O–H groups in total. The lowest BCUT2D eigenvalue weighted by Gasteiger charge is -2.34. The van der Waals surface area contributed by atoms with Crippen molar-refractivity contribution in [2.45, 2.75) is 51.5 Å². The van der Waals surface area contributed by atoms with Gasteiger partial charge >= 0.3 is 0 Å². The number of imidazole rings is 1. The van der Waals surface area contributed by atoms with Gasteiger partial charge < -0.3 is 19.9 Å². The van der Waals surface area contributed by atoms with Crippen molar-refractivity contribution in [3.05, 3.63) is 47.7 Å². The topological polar surface area (TPSA) is 92.4 Å². The molecular weight excluding hydrogens is 440 g/mol. The Kier molecular flexibility index (Phi) is 5.44. The molecule has 9 heteroatoms. The molecule has 182 valence electrons. The number of carbonyl (C=O) groups excluding carboxylic acids is 1. The molecule has 1 aliphatic carbocycles. The van der Waals surface area contributed by atoms with Crippen LogP contribution in [0.25, 0.3) is 16.6 Å². The van der Waals surface area contributed by atoms with Gasteiger partial charge in [0, 0.05) is 55.6 Å². The highest BCUT2D eigenvalue weighted by Gasteiger charge is 2.27. The molecule has 4 aromatic rings. The maximum Gasteiger partial charge on any atom is 0.259 e. The van der Waals surface area contributed by atoms with Crippen molar-refractivity contribution in [1.82, 2.24) is 29.5 Å². The van der Waals surface area contributed by atoms with Crippen molar-refractivity contribution in [2.75, 3.05) is 29.9 Å². The predicted octanol–water partition coefficient (Wildman–Crippen LogP) is 3.63. The number of hydrogen-bond donors (Lipinski definition) is 2. The molecule has 4 heterocycles. The Morgan fingerprint density at radius 1 is 1.09 bits per heavy atom. The molecule has 2 fully saturated rings. The van der Waals surface area contributed by atoms with Gasteiger partial charge in [-0.05, 0) is 51.3 Å². The van der Waals surface area contributed by atoms with Gasteiger partial charge in [-0.15, -0.1) is 0 Å². The van der Waals surface area contributed by atoms with Crippen LogP contribution in [0, 0.1) is 6.92 Å². The van der Waals surface area contributed by atoms with Crippen molar-refractivity contribution in [3.63, 3.8) is 0 Å². The fourth-order valence-electron chi connectivity index (χ4n) is 5.27. The molecule has 0 unspecified atom stereocenters. The maximum absolute atomic E-state index is 13.3. The molecule has 6 rings (SSSR count). The summed E-state index contributed by atoms with van der Waals surface area (Å²) in [6, 6.07) is 4.53. The molecule has 1 amide bonds. The Labute approximate surface area is 204 Å². The molecule has 2 aliphatic rings. The molecule has 9 nitrogen and oxygen atoms in total.